The molecule has 0 spiro atoms. The van der Waals surface area contributed by atoms with Gasteiger partial charge in [0.15, 0.2) is 11.5 Å². The third-order valence-electron chi connectivity index (χ3n) is 6.61. The Balaban J connectivity index is 1.41. The molecule has 0 radical (unpaired) electrons. The van der Waals surface area contributed by atoms with Gasteiger partial charge in [-0.2, -0.15) is 5.10 Å². The minimum atomic E-state index is -0.561. The maximum absolute atomic E-state index is 13.5. The second-order valence-electron chi connectivity index (χ2n) is 9.31. The van der Waals surface area contributed by atoms with E-state index in [-0.39, 0.29) is 11.4 Å². The number of aromatic nitrogens is 1. The van der Waals surface area contributed by atoms with Gasteiger partial charge in [0, 0.05) is 26.0 Å². The van der Waals surface area contributed by atoms with Gasteiger partial charge in [-0.1, -0.05) is 51.8 Å². The largest absolute Gasteiger partial charge is 0.497 e. The fourth-order valence-electron chi connectivity index (χ4n) is 4.60. The molecule has 0 aliphatic carbocycles. The number of esters is 1. The van der Waals surface area contributed by atoms with Crippen molar-refractivity contribution in [1.82, 2.24) is 10.4 Å². The first kappa shape index (κ1) is 30.7. The Morgan fingerprint density at radius 3 is 2.50 bits per heavy atom. The van der Waals surface area contributed by atoms with Crippen molar-refractivity contribution in [3.63, 3.8) is 0 Å². The first-order valence-corrected chi connectivity index (χ1v) is 14.6. The minimum Gasteiger partial charge on any atom is -0.497 e. The Hall–Kier alpha value is -4.80. The third-order valence-corrected chi connectivity index (χ3v) is 7.60. The van der Waals surface area contributed by atoms with Crippen molar-refractivity contribution >= 4 is 56.5 Å². The zero-order valence-electron chi connectivity index (χ0n) is 23.9. The summed E-state index contributed by atoms with van der Waals surface area (Å²) in [6, 6.07) is 22.5. The Morgan fingerprint density at radius 1 is 0.955 bits per heavy atom. The number of halogens is 2. The number of hydrogen-bond acceptors (Lipinski definition) is 7. The molecular weight excluding hydrogens is 650 g/mol. The van der Waals surface area contributed by atoms with Crippen LogP contribution in [0.5, 0.6) is 23.0 Å². The molecule has 5 rings (SSSR count). The first-order valence-electron chi connectivity index (χ1n) is 13.4. The lowest BCUT2D eigenvalue weighted by molar-refractivity contribution is 0.0727. The summed E-state index contributed by atoms with van der Waals surface area (Å²) in [4.78, 5) is 29.4. The summed E-state index contributed by atoms with van der Waals surface area (Å²) < 4.78 is 22.8. The molecule has 0 saturated heterocycles. The van der Waals surface area contributed by atoms with Crippen molar-refractivity contribution in [2.75, 3.05) is 20.8 Å². The zero-order valence-corrected chi connectivity index (χ0v) is 26.3. The molecular formula is C33H27BrClN3O6. The summed E-state index contributed by atoms with van der Waals surface area (Å²) in [6.45, 7) is 2.16. The highest BCUT2D eigenvalue weighted by atomic mass is 79.9. The third kappa shape index (κ3) is 6.41. The zero-order chi connectivity index (χ0) is 31.2. The van der Waals surface area contributed by atoms with Crippen LogP contribution in [0.15, 0.2) is 88.4 Å². The van der Waals surface area contributed by atoms with Crippen molar-refractivity contribution in [3.05, 3.63) is 105 Å². The van der Waals surface area contributed by atoms with Gasteiger partial charge in [0.2, 0.25) is 0 Å². The van der Waals surface area contributed by atoms with E-state index in [2.05, 4.69) is 31.4 Å². The number of carbonyl (C=O) groups excluding carboxylic acids is 2. The number of nitrogens with one attached hydrogen (secondary N) is 2. The normalized spacial score (nSPS) is 11.0. The molecule has 1 aromatic heterocycles. The Bertz CT molecular complexity index is 1890. The van der Waals surface area contributed by atoms with E-state index in [0.717, 1.165) is 9.86 Å². The fraction of sp³-hybridized carbons (Fsp3) is 0.121. The fourth-order valence-corrected chi connectivity index (χ4v) is 5.36. The van der Waals surface area contributed by atoms with Crippen LogP contribution < -0.4 is 24.4 Å². The van der Waals surface area contributed by atoms with Gasteiger partial charge in [-0.15, -0.1) is 0 Å². The highest BCUT2D eigenvalue weighted by Crippen LogP contribution is 2.43. The van der Waals surface area contributed by atoms with Crippen LogP contribution in [0.4, 0.5) is 0 Å². The number of amides is 1. The SMILES string of the molecule is CCOc1cc(C=NNC(=O)c2[nH]c3c(OC)ccc(Br)c3c2-c2ccccc2Cl)ccc1OC(=O)c1cccc(OC)c1. The predicted molar refractivity (Wildman–Crippen MR) is 174 cm³/mol. The molecule has 0 fully saturated rings. The van der Waals surface area contributed by atoms with Crippen LogP contribution in [0.2, 0.25) is 5.02 Å². The Kier molecular flexibility index (Phi) is 9.52. The lowest BCUT2D eigenvalue weighted by atomic mass is 10.0. The van der Waals surface area contributed by atoms with E-state index >= 15 is 0 Å². The topological polar surface area (TPSA) is 111 Å². The molecule has 0 atom stereocenters. The molecule has 224 valence electrons. The summed E-state index contributed by atoms with van der Waals surface area (Å²) >= 11 is 10.2. The van der Waals surface area contributed by atoms with Gasteiger partial charge in [-0.05, 0) is 67.1 Å². The molecule has 2 N–H and O–H groups in total. The summed E-state index contributed by atoms with van der Waals surface area (Å²) in [5.41, 5.74) is 5.68. The molecule has 0 aliphatic heterocycles. The van der Waals surface area contributed by atoms with Gasteiger partial charge in [-0.25, -0.2) is 10.2 Å². The summed E-state index contributed by atoms with van der Waals surface area (Å²) in [5.74, 6) is 0.631. The monoisotopic (exact) mass is 675 g/mol. The molecule has 4 aromatic carbocycles. The van der Waals surface area contributed by atoms with Crippen molar-refractivity contribution in [3.8, 4) is 34.1 Å². The van der Waals surface area contributed by atoms with Crippen molar-refractivity contribution < 1.29 is 28.5 Å². The molecule has 11 heteroatoms. The molecule has 9 nitrogen and oxygen atoms in total. The van der Waals surface area contributed by atoms with Gasteiger partial charge < -0.3 is 23.9 Å². The van der Waals surface area contributed by atoms with E-state index in [1.165, 1.54) is 13.3 Å². The number of aromatic amines is 1. The number of hydrazone groups is 1. The van der Waals surface area contributed by atoms with Gasteiger partial charge in [0.1, 0.15) is 17.2 Å². The van der Waals surface area contributed by atoms with Crippen LogP contribution in [0.3, 0.4) is 0 Å². The van der Waals surface area contributed by atoms with Crippen LogP contribution in [0.25, 0.3) is 22.0 Å². The quantitative estimate of drug-likeness (QED) is 0.0681. The van der Waals surface area contributed by atoms with Gasteiger partial charge in [0.25, 0.3) is 5.91 Å². The second kappa shape index (κ2) is 13.7. The average Bonchev–Trinajstić information content (AvgIpc) is 3.44. The van der Waals surface area contributed by atoms with Crippen molar-refractivity contribution in [2.45, 2.75) is 6.92 Å². The standard InChI is InChI=1S/C33H27BrClN3O6/c1-4-43-27-16-19(12-14-25(27)44-33(40)20-8-7-9-21(17-20)41-2)18-36-38-32(39)31-28(22-10-5-6-11-24(22)35)29-23(34)13-15-26(42-3)30(29)37-31/h5-18,37H,4H2,1-3H3,(H,38,39). The molecule has 44 heavy (non-hydrogen) atoms. The molecule has 5 aromatic rings. The van der Waals surface area contributed by atoms with Gasteiger partial charge >= 0.3 is 5.97 Å². The number of methoxy groups -OCH3 is 2. The lowest BCUT2D eigenvalue weighted by Gasteiger charge is -2.12. The number of carbonyl (C=O) groups is 2. The van der Waals surface area contributed by atoms with Crippen LogP contribution >= 0.6 is 27.5 Å². The van der Waals surface area contributed by atoms with Gasteiger partial charge in [-0.3, -0.25) is 4.79 Å². The number of rotatable bonds is 10. The predicted octanol–water partition coefficient (Wildman–Crippen LogP) is 7.65. The van der Waals surface area contributed by atoms with Gasteiger partial charge in [0.05, 0.1) is 38.1 Å². The number of hydrogen-bond donors (Lipinski definition) is 2. The number of H-pyrrole nitrogens is 1. The molecule has 0 unspecified atom stereocenters. The number of benzene rings is 4. The summed E-state index contributed by atoms with van der Waals surface area (Å²) in [6.07, 6.45) is 1.46. The van der Waals surface area contributed by atoms with E-state index in [0.29, 0.717) is 56.6 Å². The van der Waals surface area contributed by atoms with E-state index in [4.69, 9.17) is 30.5 Å². The number of nitrogens with zero attached hydrogens (tertiary/aromatic N) is 1. The van der Waals surface area contributed by atoms with E-state index in [9.17, 15) is 9.59 Å². The smallest absolute Gasteiger partial charge is 0.343 e. The highest BCUT2D eigenvalue weighted by molar-refractivity contribution is 9.10. The molecule has 0 bridgehead atoms. The highest BCUT2D eigenvalue weighted by Gasteiger charge is 2.24. The Morgan fingerprint density at radius 2 is 1.75 bits per heavy atom. The van der Waals surface area contributed by atoms with Crippen LogP contribution in [0, 0.1) is 0 Å². The summed E-state index contributed by atoms with van der Waals surface area (Å²) in [7, 11) is 3.08. The molecule has 0 aliphatic rings. The van der Waals surface area contributed by atoms with Crippen LogP contribution in [-0.2, 0) is 0 Å². The summed E-state index contributed by atoms with van der Waals surface area (Å²) in [5, 5.41) is 5.40. The Labute approximate surface area is 266 Å². The van der Waals surface area contributed by atoms with E-state index in [1.807, 2.05) is 31.2 Å². The van der Waals surface area contributed by atoms with E-state index < -0.39 is 11.9 Å². The maximum atomic E-state index is 13.5. The lowest BCUT2D eigenvalue weighted by Crippen LogP contribution is -2.19. The minimum absolute atomic E-state index is 0.239. The van der Waals surface area contributed by atoms with Crippen molar-refractivity contribution in [2.24, 2.45) is 5.10 Å². The molecule has 1 amide bonds. The van der Waals surface area contributed by atoms with E-state index in [1.54, 1.807) is 61.7 Å². The van der Waals surface area contributed by atoms with Crippen LogP contribution in [-0.4, -0.2) is 43.9 Å². The van der Waals surface area contributed by atoms with Crippen LogP contribution in [0.1, 0.15) is 33.3 Å². The van der Waals surface area contributed by atoms with Crippen molar-refractivity contribution in [1.29, 1.82) is 0 Å². The average molecular weight is 677 g/mol. The second-order valence-corrected chi connectivity index (χ2v) is 10.6. The maximum Gasteiger partial charge on any atom is 0.343 e. The number of ether oxygens (including phenoxy) is 4. The molecule has 1 heterocycles. The molecule has 0 saturated carbocycles. The first-order chi connectivity index (χ1) is 21.3. The number of fused-ring (bicyclic) bond motifs is 1.